The summed E-state index contributed by atoms with van der Waals surface area (Å²) in [6, 6.07) is 21.8. The molecular formula is C26H23FN4O3S. The molecule has 0 spiro atoms. The molecule has 0 unspecified atom stereocenters. The van der Waals surface area contributed by atoms with Crippen LogP contribution in [0.1, 0.15) is 16.1 Å². The van der Waals surface area contributed by atoms with E-state index in [0.29, 0.717) is 22.0 Å². The second-order valence-electron chi connectivity index (χ2n) is 7.74. The fraction of sp³-hybridized carbons (Fsp3) is 0.115. The number of amides is 2. The van der Waals surface area contributed by atoms with E-state index in [0.717, 1.165) is 11.8 Å². The van der Waals surface area contributed by atoms with Crippen LogP contribution in [0.3, 0.4) is 0 Å². The maximum atomic E-state index is 13.7. The van der Waals surface area contributed by atoms with Crippen molar-refractivity contribution in [2.45, 2.75) is 11.8 Å². The van der Waals surface area contributed by atoms with Crippen molar-refractivity contribution in [3.05, 3.63) is 106 Å². The average Bonchev–Trinajstić information content (AvgIpc) is 3.07. The number of carbonyl (C=O) groups is 2. The molecule has 0 aliphatic heterocycles. The van der Waals surface area contributed by atoms with Crippen LogP contribution >= 0.6 is 11.8 Å². The Morgan fingerprint density at radius 1 is 0.943 bits per heavy atom. The second-order valence-corrected chi connectivity index (χ2v) is 8.76. The van der Waals surface area contributed by atoms with Crippen molar-refractivity contribution in [1.29, 1.82) is 0 Å². The fourth-order valence-electron chi connectivity index (χ4n) is 3.54. The van der Waals surface area contributed by atoms with Gasteiger partial charge in [-0.3, -0.25) is 19.1 Å². The molecule has 0 saturated carbocycles. The topological polar surface area (TPSA) is 85.1 Å². The second kappa shape index (κ2) is 10.4. The van der Waals surface area contributed by atoms with Gasteiger partial charge in [0.25, 0.3) is 11.5 Å². The number of aromatic nitrogens is 2. The first-order chi connectivity index (χ1) is 16.8. The van der Waals surface area contributed by atoms with Crippen LogP contribution in [-0.4, -0.2) is 26.9 Å². The van der Waals surface area contributed by atoms with E-state index in [1.165, 1.54) is 16.8 Å². The summed E-state index contributed by atoms with van der Waals surface area (Å²) in [5, 5.41) is 5.42. The van der Waals surface area contributed by atoms with Crippen LogP contribution in [0, 0.1) is 12.7 Å². The van der Waals surface area contributed by atoms with Gasteiger partial charge in [-0.2, -0.15) is 0 Å². The lowest BCUT2D eigenvalue weighted by Crippen LogP contribution is -2.23. The molecule has 0 saturated heterocycles. The van der Waals surface area contributed by atoms with Crippen molar-refractivity contribution in [3.63, 3.8) is 0 Å². The highest BCUT2D eigenvalue weighted by molar-refractivity contribution is 8.00. The van der Waals surface area contributed by atoms with Crippen LogP contribution in [0.15, 0.2) is 88.6 Å². The molecule has 0 aliphatic carbocycles. The van der Waals surface area contributed by atoms with E-state index in [1.54, 1.807) is 55.1 Å². The highest BCUT2D eigenvalue weighted by atomic mass is 32.2. The number of anilines is 2. The van der Waals surface area contributed by atoms with Crippen molar-refractivity contribution in [3.8, 4) is 5.69 Å². The molecule has 2 N–H and O–H groups in total. The number of carbonyl (C=O) groups excluding carboxylic acids is 2. The highest BCUT2D eigenvalue weighted by Gasteiger charge is 2.19. The van der Waals surface area contributed by atoms with E-state index in [-0.39, 0.29) is 34.3 Å². The standard InChI is InChI=1S/C26H23FN4O3S/c1-17-24(26(34)31(30(17)2)20-11-4-3-5-12-20)29-25(33)18-9-8-10-19(15-18)28-23(32)16-35-22-14-7-6-13-21(22)27/h3-15H,16H2,1-2H3,(H,28,32)(H,29,33). The summed E-state index contributed by atoms with van der Waals surface area (Å²) in [4.78, 5) is 38.7. The number of halogens is 1. The van der Waals surface area contributed by atoms with E-state index in [1.807, 2.05) is 30.3 Å². The molecule has 4 aromatic rings. The smallest absolute Gasteiger partial charge is 0.295 e. The average molecular weight is 491 g/mol. The Bertz CT molecular complexity index is 1450. The Kier molecular flexibility index (Phi) is 7.17. The van der Waals surface area contributed by atoms with Gasteiger partial charge in [0.2, 0.25) is 5.91 Å². The van der Waals surface area contributed by atoms with E-state index in [9.17, 15) is 18.8 Å². The molecule has 7 nitrogen and oxygen atoms in total. The summed E-state index contributed by atoms with van der Waals surface area (Å²) >= 11 is 1.09. The molecule has 0 aliphatic rings. The number of nitrogens with zero attached hydrogens (tertiary/aromatic N) is 2. The SMILES string of the molecule is Cc1c(NC(=O)c2cccc(NC(=O)CSc3ccccc3F)c2)c(=O)n(-c2ccccc2)n1C. The van der Waals surface area contributed by atoms with Crippen LogP contribution < -0.4 is 16.2 Å². The van der Waals surface area contributed by atoms with Gasteiger partial charge in [-0.25, -0.2) is 9.07 Å². The Hall–Kier alpha value is -4.11. The first-order valence-electron chi connectivity index (χ1n) is 10.8. The number of nitrogens with one attached hydrogen (secondary N) is 2. The molecule has 0 atom stereocenters. The van der Waals surface area contributed by atoms with Gasteiger partial charge in [-0.05, 0) is 49.4 Å². The minimum Gasteiger partial charge on any atom is -0.325 e. The Morgan fingerprint density at radius 3 is 2.40 bits per heavy atom. The number of rotatable bonds is 7. The maximum absolute atomic E-state index is 13.7. The minimum absolute atomic E-state index is 0.0135. The van der Waals surface area contributed by atoms with Crippen molar-refractivity contribution in [2.24, 2.45) is 7.05 Å². The van der Waals surface area contributed by atoms with Crippen molar-refractivity contribution in [2.75, 3.05) is 16.4 Å². The molecule has 2 amide bonds. The highest BCUT2D eigenvalue weighted by Crippen LogP contribution is 2.22. The third-order valence-electron chi connectivity index (χ3n) is 5.40. The van der Waals surface area contributed by atoms with Crippen LogP contribution in [0.4, 0.5) is 15.8 Å². The molecule has 0 bridgehead atoms. The monoisotopic (exact) mass is 490 g/mol. The Labute approximate surface area is 205 Å². The van der Waals surface area contributed by atoms with Crippen LogP contribution in [0.25, 0.3) is 5.69 Å². The Balaban J connectivity index is 1.46. The maximum Gasteiger partial charge on any atom is 0.295 e. The largest absolute Gasteiger partial charge is 0.325 e. The minimum atomic E-state index is -0.479. The predicted molar refractivity (Wildman–Crippen MR) is 136 cm³/mol. The lowest BCUT2D eigenvalue weighted by Gasteiger charge is -2.08. The zero-order valence-electron chi connectivity index (χ0n) is 19.1. The number of thioether (sulfide) groups is 1. The van der Waals surface area contributed by atoms with Gasteiger partial charge < -0.3 is 10.6 Å². The first-order valence-corrected chi connectivity index (χ1v) is 11.8. The third-order valence-corrected chi connectivity index (χ3v) is 6.45. The quantitative estimate of drug-likeness (QED) is 0.371. The van der Waals surface area contributed by atoms with Gasteiger partial charge in [0, 0.05) is 23.2 Å². The molecule has 4 rings (SSSR count). The molecule has 1 heterocycles. The summed E-state index contributed by atoms with van der Waals surface area (Å²) in [7, 11) is 1.74. The molecule has 1 aromatic heterocycles. The zero-order valence-corrected chi connectivity index (χ0v) is 19.9. The summed E-state index contributed by atoms with van der Waals surface area (Å²) in [6.07, 6.45) is 0. The van der Waals surface area contributed by atoms with Crippen LogP contribution in [0.2, 0.25) is 0 Å². The number of hydrogen-bond donors (Lipinski definition) is 2. The van der Waals surface area contributed by atoms with Gasteiger partial charge in [0.1, 0.15) is 11.5 Å². The molecule has 178 valence electrons. The number of benzene rings is 3. The zero-order chi connectivity index (χ0) is 24.9. The Morgan fingerprint density at radius 2 is 1.66 bits per heavy atom. The summed E-state index contributed by atoms with van der Waals surface area (Å²) in [6.45, 7) is 1.75. The lowest BCUT2D eigenvalue weighted by atomic mass is 10.2. The van der Waals surface area contributed by atoms with E-state index in [2.05, 4.69) is 10.6 Å². The van der Waals surface area contributed by atoms with Crippen molar-refractivity contribution in [1.82, 2.24) is 9.36 Å². The molecule has 3 aromatic carbocycles. The molecule has 9 heteroatoms. The molecule has 35 heavy (non-hydrogen) atoms. The lowest BCUT2D eigenvalue weighted by molar-refractivity contribution is -0.113. The molecular weight excluding hydrogens is 467 g/mol. The first kappa shape index (κ1) is 24.0. The van der Waals surface area contributed by atoms with Gasteiger partial charge in [-0.1, -0.05) is 36.4 Å². The van der Waals surface area contributed by atoms with Gasteiger partial charge >= 0.3 is 0 Å². The number of hydrogen-bond acceptors (Lipinski definition) is 4. The predicted octanol–water partition coefficient (Wildman–Crippen LogP) is 4.61. The summed E-state index contributed by atoms with van der Waals surface area (Å²) in [5.41, 5.74) is 1.81. The number of para-hydroxylation sites is 1. The van der Waals surface area contributed by atoms with Crippen molar-refractivity contribution < 1.29 is 14.0 Å². The van der Waals surface area contributed by atoms with Gasteiger partial charge in [-0.15, -0.1) is 11.8 Å². The van der Waals surface area contributed by atoms with E-state index >= 15 is 0 Å². The fourth-order valence-corrected chi connectivity index (χ4v) is 4.28. The third kappa shape index (κ3) is 5.36. The van der Waals surface area contributed by atoms with Crippen LogP contribution in [-0.2, 0) is 11.8 Å². The molecule has 0 fully saturated rings. The van der Waals surface area contributed by atoms with E-state index < -0.39 is 5.91 Å². The van der Waals surface area contributed by atoms with E-state index in [4.69, 9.17) is 0 Å². The van der Waals surface area contributed by atoms with Gasteiger partial charge in [0.05, 0.1) is 17.1 Å². The normalized spacial score (nSPS) is 10.7. The molecule has 0 radical (unpaired) electrons. The van der Waals surface area contributed by atoms with Gasteiger partial charge in [0.15, 0.2) is 0 Å². The summed E-state index contributed by atoms with van der Waals surface area (Å²) < 4.78 is 16.9. The van der Waals surface area contributed by atoms with Crippen molar-refractivity contribution >= 4 is 35.0 Å². The summed E-state index contributed by atoms with van der Waals surface area (Å²) in [5.74, 6) is -1.18. The van der Waals surface area contributed by atoms with Crippen LogP contribution in [0.5, 0.6) is 0 Å².